The van der Waals surface area contributed by atoms with Crippen LogP contribution in [0.4, 0.5) is 0 Å². The zero-order chi connectivity index (χ0) is 14.2. The highest BCUT2D eigenvalue weighted by Crippen LogP contribution is 2.18. The van der Waals surface area contributed by atoms with Gasteiger partial charge in [0.05, 0.1) is 0 Å². The number of hydrogen-bond donors (Lipinski definition) is 2. The second kappa shape index (κ2) is 8.05. The molecule has 0 aliphatic heterocycles. The Hall–Kier alpha value is -1.35. The maximum Gasteiger partial charge on any atom is 0.321 e. The fraction of sp³-hybridized carbons (Fsp3) is 0.588. The summed E-state index contributed by atoms with van der Waals surface area (Å²) >= 11 is 0. The third-order valence-corrected chi connectivity index (χ3v) is 4.12. The number of carbonyl (C=O) groups is 1. The smallest absolute Gasteiger partial charge is 0.321 e. The Labute approximate surface area is 121 Å². The van der Waals surface area contributed by atoms with E-state index in [1.54, 1.807) is 0 Å². The summed E-state index contributed by atoms with van der Waals surface area (Å²) in [6, 6.07) is 9.77. The van der Waals surface area contributed by atoms with Crippen LogP contribution in [-0.4, -0.2) is 23.2 Å². The summed E-state index contributed by atoms with van der Waals surface area (Å²) in [6.45, 7) is 0. The van der Waals surface area contributed by atoms with Gasteiger partial charge in [0.1, 0.15) is 6.04 Å². The minimum atomic E-state index is -0.740. The predicted octanol–water partition coefficient (Wildman–Crippen LogP) is 3.38. The number of carboxylic acid groups (broad SMARTS) is 1. The number of carboxylic acids is 1. The Balaban J connectivity index is 1.92. The van der Waals surface area contributed by atoms with Crippen LogP contribution in [0.5, 0.6) is 0 Å². The van der Waals surface area contributed by atoms with Crippen molar-refractivity contribution in [3.8, 4) is 0 Å². The first-order valence-electron chi connectivity index (χ1n) is 7.78. The van der Waals surface area contributed by atoms with Crippen molar-refractivity contribution in [2.24, 2.45) is 0 Å². The predicted molar refractivity (Wildman–Crippen MR) is 80.8 cm³/mol. The van der Waals surface area contributed by atoms with Crippen LogP contribution in [0.25, 0.3) is 0 Å². The van der Waals surface area contributed by atoms with Gasteiger partial charge < -0.3 is 10.4 Å². The Morgan fingerprint density at radius 3 is 2.30 bits per heavy atom. The molecule has 0 heterocycles. The molecular formula is C17H25NO2. The normalized spacial score (nSPS) is 19.0. The van der Waals surface area contributed by atoms with Gasteiger partial charge in [0.2, 0.25) is 0 Å². The van der Waals surface area contributed by atoms with Crippen molar-refractivity contribution in [2.75, 3.05) is 0 Å². The Morgan fingerprint density at radius 1 is 1.10 bits per heavy atom. The molecule has 0 saturated heterocycles. The van der Waals surface area contributed by atoms with Crippen LogP contribution in [0.1, 0.15) is 50.5 Å². The maximum atomic E-state index is 11.5. The van der Waals surface area contributed by atoms with Gasteiger partial charge >= 0.3 is 5.97 Å². The quantitative estimate of drug-likeness (QED) is 0.866. The molecule has 0 bridgehead atoms. The molecule has 1 aliphatic rings. The van der Waals surface area contributed by atoms with Gasteiger partial charge in [0.15, 0.2) is 0 Å². The zero-order valence-electron chi connectivity index (χ0n) is 12.1. The zero-order valence-corrected chi connectivity index (χ0v) is 12.1. The number of benzene rings is 1. The number of aliphatic carboxylic acids is 1. The number of rotatable bonds is 5. The average Bonchev–Trinajstić information content (AvgIpc) is 2.41. The van der Waals surface area contributed by atoms with E-state index in [0.717, 1.165) is 18.4 Å². The van der Waals surface area contributed by atoms with Gasteiger partial charge in [-0.05, 0) is 24.8 Å². The highest BCUT2D eigenvalue weighted by molar-refractivity contribution is 5.74. The molecule has 0 aromatic heterocycles. The molecule has 2 rings (SSSR count). The van der Waals surface area contributed by atoms with Crippen molar-refractivity contribution < 1.29 is 9.90 Å². The average molecular weight is 275 g/mol. The van der Waals surface area contributed by atoms with Crippen molar-refractivity contribution in [3.63, 3.8) is 0 Å². The Morgan fingerprint density at radius 2 is 1.70 bits per heavy atom. The van der Waals surface area contributed by atoms with E-state index >= 15 is 0 Å². The van der Waals surface area contributed by atoms with Crippen LogP contribution in [0.3, 0.4) is 0 Å². The molecule has 110 valence electrons. The molecule has 1 saturated carbocycles. The fourth-order valence-electron chi connectivity index (χ4n) is 2.97. The van der Waals surface area contributed by atoms with Crippen LogP contribution >= 0.6 is 0 Å². The molecule has 0 spiro atoms. The van der Waals surface area contributed by atoms with E-state index in [1.807, 2.05) is 30.3 Å². The molecule has 0 radical (unpaired) electrons. The first-order valence-corrected chi connectivity index (χ1v) is 7.78. The van der Waals surface area contributed by atoms with Gasteiger partial charge in [-0.25, -0.2) is 0 Å². The summed E-state index contributed by atoms with van der Waals surface area (Å²) in [5, 5.41) is 12.8. The molecule has 1 aromatic carbocycles. The lowest BCUT2D eigenvalue weighted by Crippen LogP contribution is -2.45. The molecule has 0 unspecified atom stereocenters. The monoisotopic (exact) mass is 275 g/mol. The number of hydrogen-bond acceptors (Lipinski definition) is 2. The van der Waals surface area contributed by atoms with Gasteiger partial charge in [-0.3, -0.25) is 4.79 Å². The first kappa shape index (κ1) is 15.0. The summed E-state index contributed by atoms with van der Waals surface area (Å²) in [7, 11) is 0. The molecular weight excluding hydrogens is 250 g/mol. The van der Waals surface area contributed by atoms with Gasteiger partial charge in [-0.1, -0.05) is 62.4 Å². The Bertz CT molecular complexity index is 397. The lowest BCUT2D eigenvalue weighted by molar-refractivity contribution is -0.139. The highest BCUT2D eigenvalue weighted by Gasteiger charge is 2.22. The van der Waals surface area contributed by atoms with E-state index < -0.39 is 12.0 Å². The summed E-state index contributed by atoms with van der Waals surface area (Å²) < 4.78 is 0. The van der Waals surface area contributed by atoms with Crippen molar-refractivity contribution in [3.05, 3.63) is 35.9 Å². The summed E-state index contributed by atoms with van der Waals surface area (Å²) in [6.07, 6.45) is 9.12. The number of nitrogens with one attached hydrogen (secondary N) is 1. The van der Waals surface area contributed by atoms with Crippen LogP contribution in [0.15, 0.2) is 30.3 Å². The highest BCUT2D eigenvalue weighted by atomic mass is 16.4. The van der Waals surface area contributed by atoms with Crippen LogP contribution in [0.2, 0.25) is 0 Å². The molecule has 20 heavy (non-hydrogen) atoms. The van der Waals surface area contributed by atoms with Crippen molar-refractivity contribution in [1.82, 2.24) is 5.32 Å². The molecule has 1 aliphatic carbocycles. The lowest BCUT2D eigenvalue weighted by Gasteiger charge is -2.25. The van der Waals surface area contributed by atoms with E-state index in [-0.39, 0.29) is 0 Å². The van der Waals surface area contributed by atoms with E-state index in [9.17, 15) is 9.90 Å². The molecule has 1 aromatic rings. The maximum absolute atomic E-state index is 11.5. The molecule has 1 atom stereocenters. The van der Waals surface area contributed by atoms with Gasteiger partial charge in [-0.2, -0.15) is 0 Å². The van der Waals surface area contributed by atoms with Crippen LogP contribution in [-0.2, 0) is 11.2 Å². The lowest BCUT2D eigenvalue weighted by atomic mass is 9.95. The Kier molecular flexibility index (Phi) is 6.06. The largest absolute Gasteiger partial charge is 0.480 e. The third kappa shape index (κ3) is 4.97. The topological polar surface area (TPSA) is 49.3 Å². The fourth-order valence-corrected chi connectivity index (χ4v) is 2.97. The minimum Gasteiger partial charge on any atom is -0.480 e. The first-order chi connectivity index (χ1) is 9.75. The van der Waals surface area contributed by atoms with E-state index in [0.29, 0.717) is 12.5 Å². The molecule has 1 fully saturated rings. The van der Waals surface area contributed by atoms with E-state index in [4.69, 9.17) is 0 Å². The SMILES string of the molecule is O=C(O)[C@H](Cc1ccccc1)NC1CCCCCCC1. The summed E-state index contributed by atoms with van der Waals surface area (Å²) in [5.41, 5.74) is 1.08. The van der Waals surface area contributed by atoms with Gasteiger partial charge in [0.25, 0.3) is 0 Å². The van der Waals surface area contributed by atoms with Gasteiger partial charge in [-0.15, -0.1) is 0 Å². The van der Waals surface area contributed by atoms with Crippen LogP contribution < -0.4 is 5.32 Å². The van der Waals surface area contributed by atoms with Crippen LogP contribution in [0, 0.1) is 0 Å². The molecule has 2 N–H and O–H groups in total. The molecule has 3 heteroatoms. The van der Waals surface area contributed by atoms with Crippen molar-refractivity contribution in [1.29, 1.82) is 0 Å². The van der Waals surface area contributed by atoms with Crippen molar-refractivity contribution in [2.45, 2.75) is 63.5 Å². The second-order valence-corrected chi connectivity index (χ2v) is 5.79. The third-order valence-electron chi connectivity index (χ3n) is 4.12. The summed E-state index contributed by atoms with van der Waals surface area (Å²) in [5.74, 6) is -0.740. The van der Waals surface area contributed by atoms with Crippen molar-refractivity contribution >= 4 is 5.97 Å². The van der Waals surface area contributed by atoms with E-state index in [1.165, 1.54) is 32.1 Å². The summed E-state index contributed by atoms with van der Waals surface area (Å²) in [4.78, 5) is 11.5. The molecule has 3 nitrogen and oxygen atoms in total. The minimum absolute atomic E-state index is 0.361. The standard InChI is InChI=1S/C17H25NO2/c19-17(20)16(13-14-9-5-4-6-10-14)18-15-11-7-2-1-3-8-12-15/h4-6,9-10,15-16,18H,1-3,7-8,11-13H2,(H,19,20)/t16-/m0/s1. The molecule has 0 amide bonds. The second-order valence-electron chi connectivity index (χ2n) is 5.79. The van der Waals surface area contributed by atoms with Gasteiger partial charge in [0, 0.05) is 6.04 Å². The van der Waals surface area contributed by atoms with E-state index in [2.05, 4.69) is 5.32 Å².